The van der Waals surface area contributed by atoms with Crippen molar-refractivity contribution in [2.45, 2.75) is 49.8 Å². The molecule has 0 bridgehead atoms. The summed E-state index contributed by atoms with van der Waals surface area (Å²) in [6.07, 6.45) is 5.27. The Bertz CT molecular complexity index is 310. The molecule has 0 radical (unpaired) electrons. The smallest absolute Gasteiger partial charge is 0.238 e. The van der Waals surface area contributed by atoms with E-state index >= 15 is 0 Å². The average Bonchev–Trinajstić information content (AvgIpc) is 2.74. The van der Waals surface area contributed by atoms with Crippen molar-refractivity contribution in [3.63, 3.8) is 0 Å². The Morgan fingerprint density at radius 3 is 2.89 bits per heavy atom. The van der Waals surface area contributed by atoms with Gasteiger partial charge in [-0.05, 0) is 43.9 Å². The zero-order valence-electron chi connectivity index (χ0n) is 11.8. The zero-order valence-corrected chi connectivity index (χ0v) is 12.6. The number of carbonyl (C=O) groups excluding carboxylic acids is 1. The lowest BCUT2D eigenvalue weighted by molar-refractivity contribution is -0.126. The highest BCUT2D eigenvalue weighted by Crippen LogP contribution is 2.39. The summed E-state index contributed by atoms with van der Waals surface area (Å²) in [5, 5.41) is 4.13. The van der Waals surface area contributed by atoms with E-state index in [1.165, 1.54) is 0 Å². The first-order valence-corrected chi connectivity index (χ1v) is 8.48. The fourth-order valence-electron chi connectivity index (χ4n) is 3.15. The highest BCUT2D eigenvalue weighted by Gasteiger charge is 2.46. The first kappa shape index (κ1) is 15.1. The van der Waals surface area contributed by atoms with Gasteiger partial charge in [0, 0.05) is 0 Å². The van der Waals surface area contributed by atoms with E-state index in [4.69, 9.17) is 10.5 Å². The van der Waals surface area contributed by atoms with Crippen LogP contribution < -0.4 is 11.1 Å². The van der Waals surface area contributed by atoms with Crippen molar-refractivity contribution >= 4 is 17.7 Å². The predicted octanol–water partition coefficient (Wildman–Crippen LogP) is 1.53. The molecule has 2 fully saturated rings. The van der Waals surface area contributed by atoms with Gasteiger partial charge in [0.15, 0.2) is 0 Å². The molecule has 19 heavy (non-hydrogen) atoms. The molecule has 1 saturated carbocycles. The number of carbonyl (C=O) groups is 1. The van der Waals surface area contributed by atoms with Gasteiger partial charge in [0.05, 0.1) is 18.5 Å². The Morgan fingerprint density at radius 1 is 1.53 bits per heavy atom. The third-order valence-corrected chi connectivity index (χ3v) is 5.59. The second-order valence-corrected chi connectivity index (χ2v) is 7.08. The molecule has 0 spiro atoms. The van der Waals surface area contributed by atoms with E-state index in [1.807, 2.05) is 11.8 Å². The fraction of sp³-hybridized carbons (Fsp3) is 0.929. The molecule has 1 saturated heterocycles. The van der Waals surface area contributed by atoms with Crippen molar-refractivity contribution < 1.29 is 9.53 Å². The molecular weight excluding hydrogens is 260 g/mol. The van der Waals surface area contributed by atoms with Gasteiger partial charge >= 0.3 is 0 Å². The second kappa shape index (κ2) is 6.95. The molecule has 0 aromatic carbocycles. The molecule has 2 unspecified atom stereocenters. The van der Waals surface area contributed by atoms with Crippen LogP contribution in [0, 0.1) is 5.92 Å². The third kappa shape index (κ3) is 3.44. The van der Waals surface area contributed by atoms with Crippen LogP contribution in [0.3, 0.4) is 0 Å². The number of nitrogens with one attached hydrogen (secondary N) is 1. The Balaban J connectivity index is 1.86. The number of rotatable bonds is 8. The molecule has 1 aliphatic carbocycles. The van der Waals surface area contributed by atoms with Crippen LogP contribution in [0.1, 0.15) is 39.0 Å². The summed E-state index contributed by atoms with van der Waals surface area (Å²) in [7, 11) is 0. The summed E-state index contributed by atoms with van der Waals surface area (Å²) in [6, 6.07) is 0. The monoisotopic (exact) mass is 286 g/mol. The minimum absolute atomic E-state index is 0.152. The number of ether oxygens (including phenoxy) is 1. The third-order valence-electron chi connectivity index (χ3n) is 4.38. The second-order valence-electron chi connectivity index (χ2n) is 5.67. The van der Waals surface area contributed by atoms with Crippen molar-refractivity contribution in [2.24, 2.45) is 11.7 Å². The number of nitrogens with two attached hydrogens (primary N) is 1. The number of primary amides is 1. The molecule has 0 aromatic rings. The molecule has 3 N–H and O–H groups in total. The van der Waals surface area contributed by atoms with E-state index < -0.39 is 5.54 Å². The van der Waals surface area contributed by atoms with Gasteiger partial charge in [-0.2, -0.15) is 11.8 Å². The van der Waals surface area contributed by atoms with Crippen LogP contribution in [0.25, 0.3) is 0 Å². The Hall–Kier alpha value is -0.260. The largest absolute Gasteiger partial charge is 0.379 e. The first-order valence-electron chi connectivity index (χ1n) is 7.43. The summed E-state index contributed by atoms with van der Waals surface area (Å²) < 4.78 is 5.18. The lowest BCUT2D eigenvalue weighted by Crippen LogP contribution is -2.58. The minimum atomic E-state index is -0.438. The fourth-order valence-corrected chi connectivity index (χ4v) is 4.29. The van der Waals surface area contributed by atoms with Crippen LogP contribution in [0.5, 0.6) is 0 Å². The maximum absolute atomic E-state index is 11.9. The van der Waals surface area contributed by atoms with Gasteiger partial charge in [0.1, 0.15) is 5.54 Å². The molecule has 110 valence electrons. The van der Waals surface area contributed by atoms with Crippen molar-refractivity contribution in [3.8, 4) is 0 Å². The molecule has 1 amide bonds. The number of thioether (sulfide) groups is 1. The van der Waals surface area contributed by atoms with Gasteiger partial charge in [-0.15, -0.1) is 0 Å². The lowest BCUT2D eigenvalue weighted by Gasteiger charge is -2.34. The first-order chi connectivity index (χ1) is 9.19. The molecule has 2 aliphatic rings. The van der Waals surface area contributed by atoms with Gasteiger partial charge in [-0.3, -0.25) is 4.79 Å². The quantitative estimate of drug-likeness (QED) is 0.710. The van der Waals surface area contributed by atoms with Crippen molar-refractivity contribution in [1.82, 2.24) is 5.32 Å². The molecule has 2 rings (SSSR count). The Morgan fingerprint density at radius 2 is 2.32 bits per heavy atom. The molecule has 0 aromatic heterocycles. The molecular formula is C14H26N2O2S. The number of amides is 1. The van der Waals surface area contributed by atoms with E-state index in [-0.39, 0.29) is 5.91 Å². The van der Waals surface area contributed by atoms with Crippen LogP contribution in [-0.2, 0) is 9.53 Å². The van der Waals surface area contributed by atoms with E-state index in [0.29, 0.717) is 11.2 Å². The van der Waals surface area contributed by atoms with Gasteiger partial charge in [0.2, 0.25) is 5.91 Å². The highest BCUT2D eigenvalue weighted by molar-refractivity contribution is 8.00. The van der Waals surface area contributed by atoms with Gasteiger partial charge < -0.3 is 15.8 Å². The summed E-state index contributed by atoms with van der Waals surface area (Å²) in [5.41, 5.74) is 5.27. The van der Waals surface area contributed by atoms with E-state index in [0.717, 1.165) is 57.6 Å². The highest BCUT2D eigenvalue weighted by atomic mass is 32.2. The van der Waals surface area contributed by atoms with Crippen molar-refractivity contribution in [2.75, 3.05) is 25.5 Å². The lowest BCUT2D eigenvalue weighted by atomic mass is 9.84. The maximum Gasteiger partial charge on any atom is 0.238 e. The SMILES string of the molecule is CCCNC1(C(N)=O)CCCC1CCSC1COC1. The van der Waals surface area contributed by atoms with Gasteiger partial charge in [-0.1, -0.05) is 13.3 Å². The van der Waals surface area contributed by atoms with Crippen molar-refractivity contribution in [3.05, 3.63) is 0 Å². The number of hydrogen-bond donors (Lipinski definition) is 2. The van der Waals surface area contributed by atoms with Crippen molar-refractivity contribution in [1.29, 1.82) is 0 Å². The number of hydrogen-bond acceptors (Lipinski definition) is 4. The Labute approximate surface area is 120 Å². The van der Waals surface area contributed by atoms with E-state index in [1.54, 1.807) is 0 Å². The normalized spacial score (nSPS) is 31.3. The molecule has 5 heteroatoms. The summed E-state index contributed by atoms with van der Waals surface area (Å²) in [6.45, 7) is 4.79. The van der Waals surface area contributed by atoms with Crippen LogP contribution in [0.4, 0.5) is 0 Å². The Kier molecular flexibility index (Phi) is 5.54. The molecule has 1 aliphatic heterocycles. The van der Waals surface area contributed by atoms with E-state index in [9.17, 15) is 4.79 Å². The summed E-state index contributed by atoms with van der Waals surface area (Å²) in [5.74, 6) is 1.37. The van der Waals surface area contributed by atoms with Gasteiger partial charge in [0.25, 0.3) is 0 Å². The molecule has 4 nitrogen and oxygen atoms in total. The van der Waals surface area contributed by atoms with Gasteiger partial charge in [-0.25, -0.2) is 0 Å². The predicted molar refractivity (Wildman–Crippen MR) is 79.2 cm³/mol. The van der Waals surface area contributed by atoms with Crippen LogP contribution in [0.15, 0.2) is 0 Å². The topological polar surface area (TPSA) is 64.3 Å². The summed E-state index contributed by atoms with van der Waals surface area (Å²) >= 11 is 1.98. The average molecular weight is 286 g/mol. The molecule has 2 atom stereocenters. The summed E-state index contributed by atoms with van der Waals surface area (Å²) in [4.78, 5) is 11.9. The zero-order chi connectivity index (χ0) is 13.7. The maximum atomic E-state index is 11.9. The standard InChI is InChI=1S/C14H26N2O2S/c1-2-7-16-14(13(15)17)6-3-4-11(14)5-8-19-12-9-18-10-12/h11-12,16H,2-10H2,1H3,(H2,15,17). The van der Waals surface area contributed by atoms with Crippen LogP contribution in [0.2, 0.25) is 0 Å². The van der Waals surface area contributed by atoms with Crippen LogP contribution >= 0.6 is 11.8 Å². The van der Waals surface area contributed by atoms with Crippen LogP contribution in [-0.4, -0.2) is 42.2 Å². The van der Waals surface area contributed by atoms with E-state index in [2.05, 4.69) is 12.2 Å². The minimum Gasteiger partial charge on any atom is -0.379 e. The molecule has 1 heterocycles.